The van der Waals surface area contributed by atoms with Crippen LogP contribution in [-0.2, 0) is 16.2 Å². The van der Waals surface area contributed by atoms with Gasteiger partial charge in [-0.2, -0.15) is 0 Å². The van der Waals surface area contributed by atoms with Crippen molar-refractivity contribution in [3.63, 3.8) is 0 Å². The summed E-state index contributed by atoms with van der Waals surface area (Å²) in [5.41, 5.74) is 40.4. The molecule has 30 rings (SSSR count). The van der Waals surface area contributed by atoms with Crippen molar-refractivity contribution >= 4 is 0 Å². The molecule has 0 fully saturated rings. The minimum Gasteiger partial charge on any atom is -0.457 e. The number of ether oxygens (including phenoxy) is 3. The predicted octanol–water partition coefficient (Wildman–Crippen LogP) is 34.2. The Morgan fingerprint density at radius 1 is 0.120 bits per heavy atom. The van der Waals surface area contributed by atoms with Gasteiger partial charge in [0.1, 0.15) is 34.5 Å². The Hall–Kier alpha value is -19.8. The third-order valence-electron chi connectivity index (χ3n) is 30.4. The summed E-state index contributed by atoms with van der Waals surface area (Å²) in [6, 6.07) is 190. The molecule has 10 nitrogen and oxygen atoms in total. The van der Waals surface area contributed by atoms with Crippen molar-refractivity contribution in [2.75, 3.05) is 0 Å². The highest BCUT2D eigenvalue weighted by Gasteiger charge is 2.55. The summed E-state index contributed by atoms with van der Waals surface area (Å²) >= 11 is 0. The molecule has 702 valence electrons. The molecule has 3 aliphatic carbocycles. The number of benzene rings is 21. The average Bonchev–Trinajstić information content (AvgIpc) is 1.52. The molecule has 6 heterocycles. The van der Waals surface area contributed by atoms with Crippen LogP contribution in [0.5, 0.6) is 34.5 Å². The van der Waals surface area contributed by atoms with E-state index in [1.807, 2.05) is 133 Å². The van der Waals surface area contributed by atoms with Crippen molar-refractivity contribution in [2.24, 2.45) is 0 Å². The first-order valence-electron chi connectivity index (χ1n) is 50.9. The number of rotatable bonds is 12. The standard InChI is InChI=1S/2C47H30N2O.C46H29N3O/c1-3-14-32(15-4-1)41-30-42(49-46(48-41)34-16-5-2-6-17-34)33-28-26-31(27-29-33)35-19-13-23-40-45(35)36-18-7-8-20-37(36)47(40)38-21-9-11-24-43(38)50-44-25-12-10-22-39(44)47;1-3-14-32(15-4-1)41-30-42(33-16-5-2-6-17-33)49-46(48-41)34-28-26-31(27-29-34)35-19-13-23-40-45(35)36-18-7-8-20-37(36)47(40)38-21-9-11-24-43(38)50-44-25-12-10-22-39(44)47;1-3-14-31(15-4-1)43-47-44(32-16-5-2-6-17-32)49-45(48-43)33-28-26-30(27-29-33)34-19-13-23-39-42(34)35-18-7-8-20-36(35)46(39)37-21-9-11-24-40(37)50-41-25-12-10-22-38(41)46/h2*1-30H;1-29H. The van der Waals surface area contributed by atoms with E-state index in [0.29, 0.717) is 29.1 Å². The summed E-state index contributed by atoms with van der Waals surface area (Å²) in [6.45, 7) is 0. The molecule has 10 heteroatoms. The van der Waals surface area contributed by atoms with Gasteiger partial charge in [-0.25, -0.2) is 34.9 Å². The van der Waals surface area contributed by atoms with Crippen LogP contribution < -0.4 is 14.2 Å². The van der Waals surface area contributed by atoms with Crippen molar-refractivity contribution in [3.8, 4) is 203 Å². The molecule has 0 radical (unpaired) electrons. The quantitative estimate of drug-likeness (QED) is 0.117. The van der Waals surface area contributed by atoms with E-state index >= 15 is 0 Å². The molecule has 0 saturated heterocycles. The maximum absolute atomic E-state index is 6.53. The van der Waals surface area contributed by atoms with Crippen molar-refractivity contribution < 1.29 is 14.2 Å². The molecule has 21 aromatic carbocycles. The van der Waals surface area contributed by atoms with Crippen LogP contribution in [0.15, 0.2) is 540 Å². The van der Waals surface area contributed by atoms with E-state index in [9.17, 15) is 0 Å². The van der Waals surface area contributed by atoms with Gasteiger partial charge in [-0.3, -0.25) is 0 Å². The molecule has 0 unspecified atom stereocenters. The largest absolute Gasteiger partial charge is 0.457 e. The van der Waals surface area contributed by atoms with Crippen LogP contribution in [0.4, 0.5) is 0 Å². The number of hydrogen-bond donors (Lipinski definition) is 0. The van der Waals surface area contributed by atoms with Crippen molar-refractivity contribution in [1.29, 1.82) is 0 Å². The van der Waals surface area contributed by atoms with Gasteiger partial charge in [0, 0.05) is 83.5 Å². The average molecular weight is 1920 g/mol. The van der Waals surface area contributed by atoms with Crippen LogP contribution in [0, 0.1) is 0 Å². The van der Waals surface area contributed by atoms with Crippen molar-refractivity contribution in [3.05, 3.63) is 607 Å². The second kappa shape index (κ2) is 36.5. The second-order valence-electron chi connectivity index (χ2n) is 38.5. The van der Waals surface area contributed by atoms with Gasteiger partial charge in [-0.15, -0.1) is 0 Å². The molecule has 6 aliphatic rings. The van der Waals surface area contributed by atoms with Crippen LogP contribution in [0.25, 0.3) is 169 Å². The molecule has 0 saturated carbocycles. The second-order valence-corrected chi connectivity index (χ2v) is 38.5. The molecule has 0 amide bonds. The fourth-order valence-corrected chi connectivity index (χ4v) is 23.9. The number of para-hydroxylation sites is 6. The van der Waals surface area contributed by atoms with Gasteiger partial charge in [-0.1, -0.05) is 491 Å². The Balaban J connectivity index is 0.000000108. The summed E-state index contributed by atoms with van der Waals surface area (Å²) in [5, 5.41) is 0. The molecule has 0 N–H and O–H groups in total. The van der Waals surface area contributed by atoms with Crippen LogP contribution in [0.3, 0.4) is 0 Å². The highest BCUT2D eigenvalue weighted by molar-refractivity contribution is 6.01. The van der Waals surface area contributed by atoms with E-state index < -0.39 is 16.2 Å². The smallest absolute Gasteiger partial charge is 0.164 e. The van der Waals surface area contributed by atoms with Gasteiger partial charge in [0.15, 0.2) is 29.1 Å². The Labute approximate surface area is 869 Å². The summed E-state index contributed by atoms with van der Waals surface area (Å²) in [5.74, 6) is 8.75. The molecule has 0 bridgehead atoms. The predicted molar refractivity (Wildman–Crippen MR) is 601 cm³/mol. The van der Waals surface area contributed by atoms with Crippen molar-refractivity contribution in [1.82, 2.24) is 34.9 Å². The van der Waals surface area contributed by atoms with Crippen LogP contribution >= 0.6 is 0 Å². The summed E-state index contributed by atoms with van der Waals surface area (Å²) in [7, 11) is 0. The Kier molecular flexibility index (Phi) is 21.4. The minimum absolute atomic E-state index is 0.490. The van der Waals surface area contributed by atoms with E-state index in [1.54, 1.807) is 0 Å². The fraction of sp³-hybridized carbons (Fsp3) is 0.0214. The van der Waals surface area contributed by atoms with E-state index in [2.05, 4.69) is 406 Å². The molecule has 0 atom stereocenters. The summed E-state index contributed by atoms with van der Waals surface area (Å²) in [4.78, 5) is 35.0. The SMILES string of the molecule is c1ccc(-c2cc(-c3ccc(-c4cccc5c4-c4ccccc4C54c5ccccc5Oc5ccccc54)cc3)nc(-c3ccccc3)n2)cc1.c1ccc(-c2cc(-c3ccccc3)nc(-c3ccc(-c4cccc5c4-c4ccccc4C54c5ccccc5Oc5ccccc54)cc3)n2)cc1.c1ccc(-c2nc(-c3ccccc3)nc(-c3ccc(-c4cccc5c4-c4ccccc4C54c5ccccc5Oc5ccccc54)cc3)n2)cc1. The lowest BCUT2D eigenvalue weighted by Gasteiger charge is -2.39. The number of aromatic nitrogens is 7. The zero-order chi connectivity index (χ0) is 99.2. The van der Waals surface area contributed by atoms with E-state index in [1.165, 1.54) is 106 Å². The number of fused-ring (bicyclic) bond motifs is 27. The Bertz CT molecular complexity index is 8230. The van der Waals surface area contributed by atoms with Gasteiger partial charge >= 0.3 is 0 Å². The van der Waals surface area contributed by atoms with E-state index in [4.69, 9.17) is 49.1 Å². The van der Waals surface area contributed by atoms with Gasteiger partial charge in [0.05, 0.1) is 39.0 Å². The Morgan fingerprint density at radius 3 is 0.533 bits per heavy atom. The summed E-state index contributed by atoms with van der Waals surface area (Å²) in [6.07, 6.45) is 0. The molecule has 3 spiro atoms. The normalized spacial score (nSPS) is 13.1. The van der Waals surface area contributed by atoms with Gasteiger partial charge in [0.25, 0.3) is 0 Å². The summed E-state index contributed by atoms with van der Waals surface area (Å²) < 4.78 is 19.6. The zero-order valence-electron chi connectivity index (χ0n) is 81.2. The first-order chi connectivity index (χ1) is 74.4. The first-order valence-corrected chi connectivity index (χ1v) is 50.9. The molecule has 3 aliphatic heterocycles. The molecule has 150 heavy (non-hydrogen) atoms. The molecule has 24 aromatic rings. The topological polar surface area (TPSA) is 118 Å². The van der Waals surface area contributed by atoms with Gasteiger partial charge < -0.3 is 14.2 Å². The zero-order valence-corrected chi connectivity index (χ0v) is 81.2. The van der Waals surface area contributed by atoms with Crippen molar-refractivity contribution in [2.45, 2.75) is 16.2 Å². The highest BCUT2D eigenvalue weighted by Crippen LogP contribution is 2.68. The molecular formula is C140H89N7O3. The van der Waals surface area contributed by atoms with Crippen LogP contribution in [0.2, 0.25) is 0 Å². The molecule has 3 aromatic heterocycles. The molecular weight excluding hydrogens is 1830 g/mol. The lowest BCUT2D eigenvalue weighted by molar-refractivity contribution is 0.436. The maximum atomic E-state index is 6.53. The fourth-order valence-electron chi connectivity index (χ4n) is 23.9. The minimum atomic E-state index is -0.500. The highest BCUT2D eigenvalue weighted by atomic mass is 16.5. The van der Waals surface area contributed by atoms with Crippen LogP contribution in [-0.4, -0.2) is 34.9 Å². The van der Waals surface area contributed by atoms with Crippen LogP contribution in [0.1, 0.15) is 66.8 Å². The van der Waals surface area contributed by atoms with E-state index in [-0.39, 0.29) is 0 Å². The third kappa shape index (κ3) is 14.4. The monoisotopic (exact) mass is 1920 g/mol. The number of hydrogen-bond acceptors (Lipinski definition) is 10. The first kappa shape index (κ1) is 87.9. The lowest BCUT2D eigenvalue weighted by Crippen LogP contribution is -2.32. The number of nitrogens with zero attached hydrogens (tertiary/aromatic N) is 7. The third-order valence-corrected chi connectivity index (χ3v) is 30.4. The maximum Gasteiger partial charge on any atom is 0.164 e. The van der Waals surface area contributed by atoms with Gasteiger partial charge in [0.2, 0.25) is 0 Å². The van der Waals surface area contributed by atoms with E-state index in [0.717, 1.165) is 135 Å². The lowest BCUT2D eigenvalue weighted by atomic mass is 9.66. The van der Waals surface area contributed by atoms with Gasteiger partial charge in [-0.05, 0) is 149 Å². The Morgan fingerprint density at radius 2 is 0.287 bits per heavy atom.